The zero-order valence-corrected chi connectivity index (χ0v) is 21.0. The molecule has 2 aromatic carbocycles. The predicted molar refractivity (Wildman–Crippen MR) is 143 cm³/mol. The molecule has 3 heterocycles. The Kier molecular flexibility index (Phi) is 6.95. The standard InChI is InChI=1S/C28H30FN5O2.CH4/c1-18-16-32(17-31-18)24-11-6-20(15-25(24)36-4)14-23-26(35)34(19(2)21-7-9-22(29)10-8-21)27(30)33-13-5-12-28(23,33)3;/h6-11,14-17,19,30H,5,12-13H2,1-4H3;1H4/b23-14-,30-27?;. The number of nitrogens with zero attached hydrogens (tertiary/aromatic N) is 4. The normalized spacial score (nSPS) is 21.2. The number of imidazole rings is 1. The number of amides is 1. The summed E-state index contributed by atoms with van der Waals surface area (Å²) in [5.41, 5.74) is 3.45. The van der Waals surface area contributed by atoms with E-state index in [0.717, 1.165) is 35.3 Å². The molecule has 5 rings (SSSR count). The molecule has 8 heteroatoms. The molecule has 3 aromatic rings. The van der Waals surface area contributed by atoms with Crippen molar-refractivity contribution >= 4 is 17.9 Å². The van der Waals surface area contributed by atoms with Gasteiger partial charge in [-0.1, -0.05) is 25.6 Å². The lowest BCUT2D eigenvalue weighted by molar-refractivity contribution is -0.128. The monoisotopic (exact) mass is 503 g/mol. The molecule has 7 nitrogen and oxygen atoms in total. The third-order valence-corrected chi connectivity index (χ3v) is 7.40. The van der Waals surface area contributed by atoms with Crippen molar-refractivity contribution in [2.75, 3.05) is 13.7 Å². The highest BCUT2D eigenvalue weighted by atomic mass is 19.1. The highest BCUT2D eigenvalue weighted by molar-refractivity contribution is 6.12. The van der Waals surface area contributed by atoms with Gasteiger partial charge in [-0.3, -0.25) is 15.1 Å². The molecule has 194 valence electrons. The second kappa shape index (κ2) is 9.84. The summed E-state index contributed by atoms with van der Waals surface area (Å²) in [4.78, 5) is 21.8. The average Bonchev–Trinajstić information content (AvgIpc) is 3.48. The third-order valence-electron chi connectivity index (χ3n) is 7.40. The van der Waals surface area contributed by atoms with Gasteiger partial charge in [-0.2, -0.15) is 0 Å². The number of aryl methyl sites for hydroxylation is 1. The minimum Gasteiger partial charge on any atom is -0.495 e. The van der Waals surface area contributed by atoms with Crippen molar-refractivity contribution in [2.45, 2.75) is 52.6 Å². The summed E-state index contributed by atoms with van der Waals surface area (Å²) in [7, 11) is 1.62. The van der Waals surface area contributed by atoms with Crippen molar-refractivity contribution in [1.29, 1.82) is 5.41 Å². The van der Waals surface area contributed by atoms with Crippen molar-refractivity contribution in [2.24, 2.45) is 0 Å². The molecule has 37 heavy (non-hydrogen) atoms. The van der Waals surface area contributed by atoms with Crippen LogP contribution in [0.25, 0.3) is 11.8 Å². The number of carbonyl (C=O) groups is 1. The first kappa shape index (κ1) is 26.1. The van der Waals surface area contributed by atoms with Crippen molar-refractivity contribution in [3.05, 3.63) is 83.2 Å². The van der Waals surface area contributed by atoms with Crippen LogP contribution in [0.4, 0.5) is 4.39 Å². The van der Waals surface area contributed by atoms with Gasteiger partial charge in [-0.25, -0.2) is 9.37 Å². The third kappa shape index (κ3) is 4.41. The summed E-state index contributed by atoms with van der Waals surface area (Å²) in [6.45, 7) is 6.55. The number of guanidine groups is 1. The summed E-state index contributed by atoms with van der Waals surface area (Å²) in [6, 6.07) is 11.5. The van der Waals surface area contributed by atoms with Crippen LogP contribution >= 0.6 is 0 Å². The first-order valence-electron chi connectivity index (χ1n) is 12.1. The molecular formula is C29H34FN5O2. The van der Waals surface area contributed by atoms with Gasteiger partial charge >= 0.3 is 0 Å². The van der Waals surface area contributed by atoms with E-state index in [9.17, 15) is 9.18 Å². The Hall–Kier alpha value is -3.94. The lowest BCUT2D eigenvalue weighted by Gasteiger charge is -2.48. The van der Waals surface area contributed by atoms with Crippen molar-refractivity contribution in [3.63, 3.8) is 0 Å². The van der Waals surface area contributed by atoms with Crippen LogP contribution in [0.1, 0.15) is 57.0 Å². The Morgan fingerprint density at radius 3 is 2.59 bits per heavy atom. The van der Waals surface area contributed by atoms with Crippen LogP contribution in [-0.4, -0.2) is 50.4 Å². The molecular weight excluding hydrogens is 469 g/mol. The number of halogens is 1. The Morgan fingerprint density at radius 2 is 1.95 bits per heavy atom. The largest absolute Gasteiger partial charge is 0.495 e. The summed E-state index contributed by atoms with van der Waals surface area (Å²) in [5, 5.41) is 8.91. The lowest BCUT2D eigenvalue weighted by atomic mass is 9.84. The van der Waals surface area contributed by atoms with E-state index in [-0.39, 0.29) is 25.1 Å². The molecule has 2 fully saturated rings. The van der Waals surface area contributed by atoms with Crippen LogP contribution in [0.15, 0.2) is 60.6 Å². The van der Waals surface area contributed by atoms with Crippen LogP contribution in [-0.2, 0) is 4.79 Å². The molecule has 2 atom stereocenters. The van der Waals surface area contributed by atoms with Crippen LogP contribution in [0, 0.1) is 18.2 Å². The van der Waals surface area contributed by atoms with Gasteiger partial charge in [-0.05, 0) is 75.1 Å². The van der Waals surface area contributed by atoms with Crippen molar-refractivity contribution in [3.8, 4) is 11.4 Å². The second-order valence-electron chi connectivity index (χ2n) is 9.67. The number of fused-ring (bicyclic) bond motifs is 1. The molecule has 2 unspecified atom stereocenters. The molecule has 1 aromatic heterocycles. The number of rotatable bonds is 5. The fourth-order valence-corrected chi connectivity index (χ4v) is 5.35. The van der Waals surface area contributed by atoms with Gasteiger partial charge in [0, 0.05) is 18.3 Å². The summed E-state index contributed by atoms with van der Waals surface area (Å²) in [5.74, 6) is 0.327. The van der Waals surface area contributed by atoms with Crippen LogP contribution in [0.5, 0.6) is 5.75 Å². The number of hydrogen-bond acceptors (Lipinski definition) is 4. The molecule has 0 aliphatic carbocycles. The van der Waals surface area contributed by atoms with Gasteiger partial charge in [0.1, 0.15) is 11.6 Å². The number of methoxy groups -OCH3 is 1. The molecule has 2 aliphatic rings. The highest BCUT2D eigenvalue weighted by Gasteiger charge is 2.52. The molecule has 0 bridgehead atoms. The molecule has 2 saturated heterocycles. The van der Waals surface area contributed by atoms with E-state index in [1.54, 1.807) is 25.6 Å². The van der Waals surface area contributed by atoms with Crippen LogP contribution in [0.3, 0.4) is 0 Å². The van der Waals surface area contributed by atoms with Gasteiger partial charge in [0.15, 0.2) is 0 Å². The van der Waals surface area contributed by atoms with Gasteiger partial charge < -0.3 is 14.2 Å². The molecule has 1 N–H and O–H groups in total. The summed E-state index contributed by atoms with van der Waals surface area (Å²) >= 11 is 0. The number of hydrogen-bond donors (Lipinski definition) is 1. The number of nitrogens with one attached hydrogen (secondary N) is 1. The SMILES string of the molecule is C.COc1cc(/C=C2/C(=O)N(C(C)c3ccc(F)cc3)C(=N)N3CCCC23C)ccc1-n1cnc(C)c1. The van der Waals surface area contributed by atoms with Gasteiger partial charge in [0.05, 0.1) is 36.4 Å². The van der Waals surface area contributed by atoms with E-state index in [1.165, 1.54) is 17.0 Å². The Bertz CT molecular complexity index is 1360. The number of benzene rings is 2. The van der Waals surface area contributed by atoms with Crippen molar-refractivity contribution < 1.29 is 13.9 Å². The summed E-state index contributed by atoms with van der Waals surface area (Å²) in [6.07, 6.45) is 7.27. The highest BCUT2D eigenvalue weighted by Crippen LogP contribution is 2.43. The lowest BCUT2D eigenvalue weighted by Crippen LogP contribution is -2.62. The number of ether oxygens (including phenoxy) is 1. The Balaban J connectivity index is 0.00000320. The quantitative estimate of drug-likeness (QED) is 0.451. The smallest absolute Gasteiger partial charge is 0.259 e. The van der Waals surface area contributed by atoms with Gasteiger partial charge in [0.25, 0.3) is 5.91 Å². The first-order chi connectivity index (χ1) is 17.2. The zero-order chi connectivity index (χ0) is 25.6. The number of aromatic nitrogens is 2. The fourth-order valence-electron chi connectivity index (χ4n) is 5.35. The predicted octanol–water partition coefficient (Wildman–Crippen LogP) is 5.74. The van der Waals surface area contributed by atoms with E-state index in [4.69, 9.17) is 10.1 Å². The maximum absolute atomic E-state index is 14.0. The maximum Gasteiger partial charge on any atom is 0.259 e. The van der Waals surface area contributed by atoms with Gasteiger partial charge in [-0.15, -0.1) is 0 Å². The Labute approximate surface area is 217 Å². The molecule has 0 radical (unpaired) electrons. The zero-order valence-electron chi connectivity index (χ0n) is 21.0. The first-order valence-corrected chi connectivity index (χ1v) is 12.1. The van der Waals surface area contributed by atoms with E-state index in [1.807, 2.05) is 60.7 Å². The van der Waals surface area contributed by atoms with Gasteiger partial charge in [0.2, 0.25) is 5.96 Å². The van der Waals surface area contributed by atoms with E-state index < -0.39 is 11.6 Å². The van der Waals surface area contributed by atoms with Crippen LogP contribution < -0.4 is 4.74 Å². The minimum atomic E-state index is -0.569. The topological polar surface area (TPSA) is 74.5 Å². The molecule has 2 aliphatic heterocycles. The average molecular weight is 504 g/mol. The van der Waals surface area contributed by atoms with Crippen molar-refractivity contribution in [1.82, 2.24) is 19.4 Å². The molecule has 0 saturated carbocycles. The molecule has 1 amide bonds. The second-order valence-corrected chi connectivity index (χ2v) is 9.67. The van der Waals surface area contributed by atoms with Crippen LogP contribution in [0.2, 0.25) is 0 Å². The minimum absolute atomic E-state index is 0. The van der Waals surface area contributed by atoms with E-state index in [2.05, 4.69) is 4.98 Å². The Morgan fingerprint density at radius 1 is 1.22 bits per heavy atom. The summed E-state index contributed by atoms with van der Waals surface area (Å²) < 4.78 is 21.1. The number of carbonyl (C=O) groups excluding carboxylic acids is 1. The van der Waals surface area contributed by atoms with E-state index in [0.29, 0.717) is 17.9 Å². The molecule has 0 spiro atoms. The fraction of sp³-hybridized carbons (Fsp3) is 0.345. The van der Waals surface area contributed by atoms with E-state index >= 15 is 0 Å². The maximum atomic E-state index is 14.0.